The third-order valence-electron chi connectivity index (χ3n) is 5.07. The molecule has 0 bridgehead atoms. The fourth-order valence-electron chi connectivity index (χ4n) is 3.42. The van der Waals surface area contributed by atoms with Gasteiger partial charge >= 0.3 is 0 Å². The molecule has 0 radical (unpaired) electrons. The van der Waals surface area contributed by atoms with E-state index in [1.807, 2.05) is 29.2 Å². The number of carbonyl (C=O) groups is 1. The molecule has 1 aromatic heterocycles. The Balaban J connectivity index is 1.47. The van der Waals surface area contributed by atoms with Gasteiger partial charge in [0.15, 0.2) is 0 Å². The first kappa shape index (κ1) is 19.7. The average molecular weight is 420 g/mol. The second kappa shape index (κ2) is 8.39. The molecule has 30 heavy (non-hydrogen) atoms. The Morgan fingerprint density at radius 1 is 1.00 bits per heavy atom. The maximum atomic E-state index is 12.7. The van der Waals surface area contributed by atoms with Crippen LogP contribution in [0.5, 0.6) is 0 Å². The van der Waals surface area contributed by atoms with Crippen LogP contribution in [0.15, 0.2) is 65.6 Å². The molecule has 0 saturated carbocycles. The molecule has 3 aromatic rings. The molecular formula is C22H18ClN5O2. The van der Waals surface area contributed by atoms with Crippen molar-refractivity contribution in [2.24, 2.45) is 0 Å². The van der Waals surface area contributed by atoms with Crippen LogP contribution in [0.2, 0.25) is 5.02 Å². The van der Waals surface area contributed by atoms with E-state index in [9.17, 15) is 9.59 Å². The van der Waals surface area contributed by atoms with Crippen molar-refractivity contribution in [1.82, 2.24) is 14.7 Å². The lowest BCUT2D eigenvalue weighted by Gasteiger charge is -2.36. The second-order valence-corrected chi connectivity index (χ2v) is 7.24. The van der Waals surface area contributed by atoms with Crippen molar-refractivity contribution in [2.75, 3.05) is 31.1 Å². The maximum absolute atomic E-state index is 12.7. The fourth-order valence-corrected chi connectivity index (χ4v) is 3.67. The molecule has 0 aliphatic carbocycles. The number of nitrogens with zero attached hydrogens (tertiary/aromatic N) is 5. The molecule has 1 aliphatic rings. The quantitative estimate of drug-likeness (QED) is 0.652. The van der Waals surface area contributed by atoms with Gasteiger partial charge in [-0.1, -0.05) is 29.8 Å². The summed E-state index contributed by atoms with van der Waals surface area (Å²) in [6, 6.07) is 17.7. The lowest BCUT2D eigenvalue weighted by atomic mass is 10.1. The second-order valence-electron chi connectivity index (χ2n) is 6.86. The van der Waals surface area contributed by atoms with Gasteiger partial charge in [-0.05, 0) is 36.4 Å². The van der Waals surface area contributed by atoms with Crippen LogP contribution in [0.1, 0.15) is 15.9 Å². The van der Waals surface area contributed by atoms with Gasteiger partial charge in [0.25, 0.3) is 11.5 Å². The molecule has 0 unspecified atom stereocenters. The molecule has 1 saturated heterocycles. The molecular weight excluding hydrogens is 402 g/mol. The maximum Gasteiger partial charge on any atom is 0.292 e. The summed E-state index contributed by atoms with van der Waals surface area (Å²) < 4.78 is 1.27. The van der Waals surface area contributed by atoms with Crippen molar-refractivity contribution in [3.63, 3.8) is 0 Å². The van der Waals surface area contributed by atoms with Crippen molar-refractivity contribution in [1.29, 1.82) is 5.26 Å². The van der Waals surface area contributed by atoms with Crippen LogP contribution in [0.3, 0.4) is 0 Å². The van der Waals surface area contributed by atoms with Gasteiger partial charge < -0.3 is 9.80 Å². The van der Waals surface area contributed by atoms with Crippen molar-refractivity contribution in [2.45, 2.75) is 0 Å². The lowest BCUT2D eigenvalue weighted by molar-refractivity contribution is 0.0747. The summed E-state index contributed by atoms with van der Waals surface area (Å²) in [6.45, 7) is 2.07. The van der Waals surface area contributed by atoms with Gasteiger partial charge in [-0.2, -0.15) is 15.0 Å². The fraction of sp³-hybridized carbons (Fsp3) is 0.182. The first-order valence-corrected chi connectivity index (χ1v) is 9.84. The Hall–Kier alpha value is -3.63. The van der Waals surface area contributed by atoms with E-state index in [1.165, 1.54) is 4.68 Å². The predicted octanol–water partition coefficient (Wildman–Crippen LogP) is 2.72. The topological polar surface area (TPSA) is 82.2 Å². The van der Waals surface area contributed by atoms with E-state index in [2.05, 4.69) is 5.10 Å². The highest BCUT2D eigenvalue weighted by Gasteiger charge is 2.25. The number of halogens is 1. The van der Waals surface area contributed by atoms with E-state index in [0.29, 0.717) is 48.7 Å². The SMILES string of the molecule is N#Cc1ccc(C(=O)N2CCN(c3cnn(-c4ccccc4)c(=O)c3Cl)CC2)cc1. The van der Waals surface area contributed by atoms with Gasteiger partial charge in [-0.25, -0.2) is 0 Å². The van der Waals surface area contributed by atoms with Crippen molar-refractivity contribution in [3.8, 4) is 11.8 Å². The summed E-state index contributed by atoms with van der Waals surface area (Å²) in [5.41, 5.74) is 1.90. The molecule has 2 heterocycles. The summed E-state index contributed by atoms with van der Waals surface area (Å²) in [5.74, 6) is -0.0807. The molecule has 4 rings (SSSR count). The van der Waals surface area contributed by atoms with Crippen LogP contribution >= 0.6 is 11.6 Å². The van der Waals surface area contributed by atoms with Gasteiger partial charge in [0.2, 0.25) is 0 Å². The number of hydrogen-bond donors (Lipinski definition) is 0. The summed E-state index contributed by atoms with van der Waals surface area (Å²) in [7, 11) is 0. The number of para-hydroxylation sites is 1. The largest absolute Gasteiger partial charge is 0.365 e. The number of hydrogen-bond acceptors (Lipinski definition) is 5. The van der Waals surface area contributed by atoms with E-state index in [0.717, 1.165) is 0 Å². The molecule has 150 valence electrons. The molecule has 0 spiro atoms. The number of rotatable bonds is 3. The molecule has 7 nitrogen and oxygen atoms in total. The summed E-state index contributed by atoms with van der Waals surface area (Å²) in [5, 5.41) is 13.3. The van der Waals surface area contributed by atoms with Crippen molar-refractivity contribution in [3.05, 3.63) is 87.3 Å². The monoisotopic (exact) mass is 419 g/mol. The Labute approximate surface area is 178 Å². The zero-order valence-corrected chi connectivity index (χ0v) is 16.8. The molecule has 1 amide bonds. The Bertz CT molecular complexity index is 1160. The predicted molar refractivity (Wildman–Crippen MR) is 114 cm³/mol. The molecule has 1 aliphatic heterocycles. The minimum absolute atomic E-state index is 0.0807. The molecule has 0 atom stereocenters. The number of anilines is 1. The van der Waals surface area contributed by atoms with Crippen LogP contribution in [0.4, 0.5) is 5.69 Å². The number of aromatic nitrogens is 2. The standard InChI is InChI=1S/C22H18ClN5O2/c23-20-19(15-25-28(22(20)30)18-4-2-1-3-5-18)26-10-12-27(13-11-26)21(29)17-8-6-16(14-24)7-9-17/h1-9,15H,10-13H2. The first-order valence-electron chi connectivity index (χ1n) is 9.46. The number of nitriles is 1. The molecule has 0 N–H and O–H groups in total. The van der Waals surface area contributed by atoms with Gasteiger partial charge in [-0.15, -0.1) is 0 Å². The van der Waals surface area contributed by atoms with E-state index in [4.69, 9.17) is 16.9 Å². The Morgan fingerprint density at radius 2 is 1.67 bits per heavy atom. The van der Waals surface area contributed by atoms with Crippen LogP contribution in [-0.4, -0.2) is 46.8 Å². The van der Waals surface area contributed by atoms with Crippen molar-refractivity contribution < 1.29 is 4.79 Å². The Morgan fingerprint density at radius 3 is 2.30 bits per heavy atom. The zero-order chi connectivity index (χ0) is 21.1. The van der Waals surface area contributed by atoms with Gasteiger partial charge in [0.05, 0.1) is 29.2 Å². The number of piperazine rings is 1. The highest BCUT2D eigenvalue weighted by molar-refractivity contribution is 6.33. The van der Waals surface area contributed by atoms with E-state index in [1.54, 1.807) is 47.5 Å². The van der Waals surface area contributed by atoms with E-state index >= 15 is 0 Å². The highest BCUT2D eigenvalue weighted by Crippen LogP contribution is 2.23. The van der Waals surface area contributed by atoms with Gasteiger partial charge in [-0.3, -0.25) is 9.59 Å². The van der Waals surface area contributed by atoms with Crippen LogP contribution in [0.25, 0.3) is 5.69 Å². The van der Waals surface area contributed by atoms with E-state index in [-0.39, 0.29) is 16.5 Å². The minimum Gasteiger partial charge on any atom is -0.365 e. The minimum atomic E-state index is -0.378. The summed E-state index contributed by atoms with van der Waals surface area (Å²) in [4.78, 5) is 29.1. The summed E-state index contributed by atoms with van der Waals surface area (Å²) in [6.07, 6.45) is 1.59. The summed E-state index contributed by atoms with van der Waals surface area (Å²) >= 11 is 6.38. The third kappa shape index (κ3) is 3.78. The third-order valence-corrected chi connectivity index (χ3v) is 5.43. The average Bonchev–Trinajstić information content (AvgIpc) is 2.81. The van der Waals surface area contributed by atoms with Crippen molar-refractivity contribution >= 4 is 23.2 Å². The Kier molecular flexibility index (Phi) is 5.50. The molecule has 8 heteroatoms. The zero-order valence-electron chi connectivity index (χ0n) is 16.0. The van der Waals surface area contributed by atoms with Gasteiger partial charge in [0.1, 0.15) is 5.02 Å². The first-order chi connectivity index (χ1) is 14.6. The van der Waals surface area contributed by atoms with Crippen LogP contribution in [0, 0.1) is 11.3 Å². The number of benzene rings is 2. The van der Waals surface area contributed by atoms with Crippen LogP contribution in [-0.2, 0) is 0 Å². The molecule has 2 aromatic carbocycles. The number of carbonyl (C=O) groups excluding carboxylic acids is 1. The normalized spacial score (nSPS) is 13.7. The van der Waals surface area contributed by atoms with Gasteiger partial charge in [0, 0.05) is 31.7 Å². The smallest absolute Gasteiger partial charge is 0.292 e. The van der Waals surface area contributed by atoms with Crippen LogP contribution < -0.4 is 10.5 Å². The van der Waals surface area contributed by atoms with E-state index < -0.39 is 0 Å². The molecule has 1 fully saturated rings. The number of amides is 1. The highest BCUT2D eigenvalue weighted by atomic mass is 35.5. The lowest BCUT2D eigenvalue weighted by Crippen LogP contribution is -2.49.